The zero-order valence-corrected chi connectivity index (χ0v) is 21.6. The molecular weight excluding hydrogens is 492 g/mol. The Morgan fingerprint density at radius 3 is 1.28 bits per heavy atom. The number of carbonyl (C=O) groups is 4. The average molecular weight is 523 g/mol. The first-order valence-corrected chi connectivity index (χ1v) is 16.0. The summed E-state index contributed by atoms with van der Waals surface area (Å²) in [7, 11) is 3.26. The van der Waals surface area contributed by atoms with Gasteiger partial charge in [0.15, 0.2) is 0 Å². The summed E-state index contributed by atoms with van der Waals surface area (Å²) in [5, 5.41) is 0. The van der Waals surface area contributed by atoms with Gasteiger partial charge < -0.3 is 0 Å². The molecule has 0 aromatic rings. The first-order chi connectivity index (χ1) is 17.6. The summed E-state index contributed by atoms with van der Waals surface area (Å²) in [6, 6.07) is 0. The summed E-state index contributed by atoms with van der Waals surface area (Å²) < 4.78 is 0. The van der Waals surface area contributed by atoms with Crippen molar-refractivity contribution in [1.29, 1.82) is 0 Å². The van der Waals surface area contributed by atoms with Crippen molar-refractivity contribution in [3.8, 4) is 0 Å². The molecule has 6 nitrogen and oxygen atoms in total. The molecule has 0 N–H and O–H groups in total. The van der Waals surface area contributed by atoms with E-state index in [0.29, 0.717) is 60.1 Å². The van der Waals surface area contributed by atoms with E-state index in [9.17, 15) is 19.2 Å². The highest BCUT2D eigenvalue weighted by atomic mass is 33.1. The molecule has 10 aliphatic rings. The molecule has 2 heterocycles. The van der Waals surface area contributed by atoms with Gasteiger partial charge in [-0.15, -0.1) is 0 Å². The molecule has 8 heteroatoms. The van der Waals surface area contributed by atoms with E-state index in [1.165, 1.54) is 4.90 Å². The molecule has 0 radical (unpaired) electrons. The van der Waals surface area contributed by atoms with Crippen molar-refractivity contribution < 1.29 is 19.2 Å². The Labute approximate surface area is 218 Å². The molecule has 0 spiro atoms. The fourth-order valence-corrected chi connectivity index (χ4v) is 11.2. The summed E-state index contributed by atoms with van der Waals surface area (Å²) in [5.41, 5.74) is 0. The monoisotopic (exact) mass is 522 g/mol. The van der Waals surface area contributed by atoms with Crippen LogP contribution in [-0.2, 0) is 19.2 Å². The highest BCUT2D eigenvalue weighted by molar-refractivity contribution is 8.76. The first kappa shape index (κ1) is 22.2. The molecule has 6 fully saturated rings. The minimum absolute atomic E-state index is 0.0163. The van der Waals surface area contributed by atoms with Gasteiger partial charge in [0, 0.05) is 24.6 Å². The van der Waals surface area contributed by atoms with E-state index in [1.807, 2.05) is 0 Å². The minimum atomic E-state index is -0.173. The van der Waals surface area contributed by atoms with Crippen molar-refractivity contribution in [3.05, 3.63) is 36.5 Å². The Morgan fingerprint density at radius 2 is 0.889 bits per heavy atom. The van der Waals surface area contributed by atoms with Crippen LogP contribution in [0.3, 0.4) is 0 Å². The van der Waals surface area contributed by atoms with Crippen molar-refractivity contribution in [2.24, 2.45) is 71.0 Å². The molecule has 2 aliphatic heterocycles. The molecule has 10 rings (SSSR count). The predicted molar refractivity (Wildman–Crippen MR) is 137 cm³/mol. The van der Waals surface area contributed by atoms with E-state index in [4.69, 9.17) is 0 Å². The summed E-state index contributed by atoms with van der Waals surface area (Å²) in [6.45, 7) is 0.899. The SMILES string of the molecule is O=C1[C@@H]2[C@@H]3C=C[C@@H]([C@H]4C=C[C@H]43)[C@@H]2C(=O)N1CCSSCCN1C(=O)[C@@H]2[C@@H]3CC[C@@H]([C@H]4C=C[C@H]43)[C@@H]2C1=O. The van der Waals surface area contributed by atoms with Gasteiger partial charge in [0.1, 0.15) is 0 Å². The zero-order chi connectivity index (χ0) is 24.3. The van der Waals surface area contributed by atoms with Gasteiger partial charge in [-0.3, -0.25) is 29.0 Å². The van der Waals surface area contributed by atoms with Crippen LogP contribution in [0.4, 0.5) is 0 Å². The van der Waals surface area contributed by atoms with Gasteiger partial charge in [-0.05, 0) is 60.2 Å². The number of amides is 4. The number of likely N-dealkylation sites (tertiary alicyclic amines) is 2. The van der Waals surface area contributed by atoms with Gasteiger partial charge in [0.05, 0.1) is 23.7 Å². The van der Waals surface area contributed by atoms with Crippen molar-refractivity contribution in [3.63, 3.8) is 0 Å². The molecule has 8 aliphatic carbocycles. The van der Waals surface area contributed by atoms with E-state index < -0.39 is 0 Å². The Kier molecular flexibility index (Phi) is 4.85. The van der Waals surface area contributed by atoms with Crippen LogP contribution in [0.1, 0.15) is 12.8 Å². The maximum atomic E-state index is 13.2. The minimum Gasteiger partial charge on any atom is -0.281 e. The van der Waals surface area contributed by atoms with Crippen LogP contribution in [0.2, 0.25) is 0 Å². The number of imide groups is 2. The maximum absolute atomic E-state index is 13.2. The molecule has 12 atom stereocenters. The molecule has 36 heavy (non-hydrogen) atoms. The highest BCUT2D eigenvalue weighted by Gasteiger charge is 2.64. The van der Waals surface area contributed by atoms with Gasteiger partial charge in [-0.1, -0.05) is 58.0 Å². The lowest BCUT2D eigenvalue weighted by Crippen LogP contribution is -2.53. The van der Waals surface area contributed by atoms with Crippen molar-refractivity contribution in [2.75, 3.05) is 24.6 Å². The third-order valence-corrected chi connectivity index (χ3v) is 13.2. The Balaban J connectivity index is 0.838. The summed E-state index contributed by atoms with van der Waals surface area (Å²) >= 11 is 0. The maximum Gasteiger partial charge on any atom is 0.233 e. The number of nitrogens with zero attached hydrogens (tertiary/aromatic N) is 2. The van der Waals surface area contributed by atoms with E-state index in [2.05, 4.69) is 36.5 Å². The summed E-state index contributed by atoms with van der Waals surface area (Å²) in [4.78, 5) is 55.8. The van der Waals surface area contributed by atoms with E-state index in [1.54, 1.807) is 26.5 Å². The Hall–Kier alpha value is -1.80. The number of allylic oxidation sites excluding steroid dienone is 6. The number of carbonyl (C=O) groups excluding carboxylic acids is 4. The fourth-order valence-electron chi connectivity index (χ4n) is 9.27. The number of rotatable bonds is 7. The molecule has 0 aromatic heterocycles. The van der Waals surface area contributed by atoms with Crippen LogP contribution in [-0.4, -0.2) is 58.0 Å². The van der Waals surface area contributed by atoms with Gasteiger partial charge in [-0.2, -0.15) is 0 Å². The lowest BCUT2D eigenvalue weighted by atomic mass is 9.47. The van der Waals surface area contributed by atoms with Crippen molar-refractivity contribution >= 4 is 45.2 Å². The number of fused-ring (bicyclic) bond motifs is 1. The van der Waals surface area contributed by atoms with Crippen LogP contribution in [0.25, 0.3) is 0 Å². The van der Waals surface area contributed by atoms with Gasteiger partial charge in [-0.25, -0.2) is 0 Å². The second-order valence-electron chi connectivity index (χ2n) is 11.9. The van der Waals surface area contributed by atoms with Crippen LogP contribution >= 0.6 is 21.6 Å². The molecule has 4 amide bonds. The number of hydrogen-bond acceptors (Lipinski definition) is 6. The zero-order valence-electron chi connectivity index (χ0n) is 20.0. The van der Waals surface area contributed by atoms with Gasteiger partial charge in [0.25, 0.3) is 0 Å². The summed E-state index contributed by atoms with van der Waals surface area (Å²) in [6.07, 6.45) is 15.5. The third-order valence-electron chi connectivity index (χ3n) is 10.9. The molecule has 188 valence electrons. The van der Waals surface area contributed by atoms with E-state index in [0.717, 1.165) is 12.8 Å². The fraction of sp³-hybridized carbons (Fsp3) is 0.643. The predicted octanol–water partition coefficient (Wildman–Crippen LogP) is 3.03. The smallest absolute Gasteiger partial charge is 0.233 e. The lowest BCUT2D eigenvalue weighted by molar-refractivity contribution is -0.141. The molecule has 2 saturated heterocycles. The topological polar surface area (TPSA) is 74.8 Å². The van der Waals surface area contributed by atoms with Crippen molar-refractivity contribution in [2.45, 2.75) is 12.8 Å². The second kappa shape index (κ2) is 7.85. The normalized spacial score (nSPS) is 48.2. The lowest BCUT2D eigenvalue weighted by Gasteiger charge is -2.55. The van der Waals surface area contributed by atoms with Crippen LogP contribution in [0, 0.1) is 71.0 Å². The Bertz CT molecular complexity index is 1080. The van der Waals surface area contributed by atoms with Crippen LogP contribution in [0.15, 0.2) is 36.5 Å². The van der Waals surface area contributed by atoms with Crippen LogP contribution in [0.5, 0.6) is 0 Å². The first-order valence-electron chi connectivity index (χ1n) is 13.6. The molecule has 0 aromatic carbocycles. The molecule has 4 saturated carbocycles. The molecule has 0 unspecified atom stereocenters. The largest absolute Gasteiger partial charge is 0.281 e. The standard InChI is InChI=1S/C28H30N2O4S2/c31-25-21-17-5-6-18(14-2-1-13(14)17)22(21)26(32)29(25)9-11-35-36-12-10-30-27(33)23-19-7-8-20(24(23)28(30)34)16-4-3-15(16)19/h1-6,13-24H,7-12H2/t13-,14+,15-,16+,17-,18+,19-,20+,21-,22+,23-,24+. The highest BCUT2D eigenvalue weighted by Crippen LogP contribution is 2.61. The summed E-state index contributed by atoms with van der Waals surface area (Å²) in [5.74, 6) is 3.95. The Morgan fingerprint density at radius 1 is 0.528 bits per heavy atom. The average Bonchev–Trinajstić information content (AvgIpc) is 3.23. The van der Waals surface area contributed by atoms with Crippen LogP contribution < -0.4 is 0 Å². The quantitative estimate of drug-likeness (QED) is 0.222. The number of hydrogen-bond donors (Lipinski definition) is 0. The third kappa shape index (κ3) is 2.73. The van der Waals surface area contributed by atoms with Gasteiger partial charge >= 0.3 is 0 Å². The molecular formula is C28H30N2O4S2. The van der Waals surface area contributed by atoms with E-state index >= 15 is 0 Å². The molecule has 4 bridgehead atoms. The second-order valence-corrected chi connectivity index (χ2v) is 14.6. The van der Waals surface area contributed by atoms with E-state index in [-0.39, 0.29) is 59.1 Å². The van der Waals surface area contributed by atoms with Crippen molar-refractivity contribution in [1.82, 2.24) is 9.80 Å². The van der Waals surface area contributed by atoms with Gasteiger partial charge in [0.2, 0.25) is 23.6 Å².